The molecule has 0 radical (unpaired) electrons. The first-order valence-electron chi connectivity index (χ1n) is 7.95. The third kappa shape index (κ3) is 2.67. The molecule has 2 aromatic rings. The number of hydrogen-bond donors (Lipinski definition) is 1. The minimum Gasteiger partial charge on any atom is -0.463 e. The van der Waals surface area contributed by atoms with E-state index in [9.17, 15) is 14.4 Å². The summed E-state index contributed by atoms with van der Waals surface area (Å²) in [7, 11) is 1.72. The molecule has 0 aliphatic carbocycles. The predicted molar refractivity (Wildman–Crippen MR) is 90.7 cm³/mol. The molecule has 1 unspecified atom stereocenters. The summed E-state index contributed by atoms with van der Waals surface area (Å²) in [6.45, 7) is 3.32. The van der Waals surface area contributed by atoms with E-state index in [-0.39, 0.29) is 35.0 Å². The maximum Gasteiger partial charge on any atom is 0.338 e. The number of allylic oxidation sites excluding steroid dienone is 2. The van der Waals surface area contributed by atoms with Gasteiger partial charge in [0.05, 0.1) is 29.8 Å². The second-order valence-electron chi connectivity index (χ2n) is 5.82. The summed E-state index contributed by atoms with van der Waals surface area (Å²) >= 11 is 0. The molecule has 8 heteroatoms. The van der Waals surface area contributed by atoms with E-state index in [0.29, 0.717) is 10.9 Å². The summed E-state index contributed by atoms with van der Waals surface area (Å²) in [5.41, 5.74) is 6.62. The normalized spacial score (nSPS) is 17.3. The highest BCUT2D eigenvalue weighted by molar-refractivity contribution is 5.93. The van der Waals surface area contributed by atoms with Crippen LogP contribution in [0.25, 0.3) is 10.9 Å². The highest BCUT2D eigenvalue weighted by atomic mass is 19.1. The van der Waals surface area contributed by atoms with E-state index in [1.54, 1.807) is 24.7 Å². The van der Waals surface area contributed by atoms with Gasteiger partial charge in [0, 0.05) is 18.0 Å². The van der Waals surface area contributed by atoms with Crippen LogP contribution in [0.15, 0.2) is 41.1 Å². The Bertz CT molecular complexity index is 1010. The fraction of sp³-hybridized carbons (Fsp3) is 0.278. The quantitative estimate of drug-likeness (QED) is 0.847. The molecule has 1 aliphatic rings. The van der Waals surface area contributed by atoms with E-state index in [0.717, 1.165) is 0 Å². The average molecular weight is 356 g/mol. The van der Waals surface area contributed by atoms with E-state index in [1.165, 1.54) is 19.2 Å². The maximum absolute atomic E-state index is 14.9. The van der Waals surface area contributed by atoms with Crippen molar-refractivity contribution in [3.8, 4) is 6.07 Å². The lowest BCUT2D eigenvalue weighted by Gasteiger charge is -2.27. The van der Waals surface area contributed by atoms with E-state index in [2.05, 4.69) is 5.10 Å². The van der Waals surface area contributed by atoms with Crippen LogP contribution in [-0.2, 0) is 21.3 Å². The van der Waals surface area contributed by atoms with Gasteiger partial charge in [-0.15, -0.1) is 0 Å². The summed E-state index contributed by atoms with van der Waals surface area (Å²) in [6.07, 6.45) is 1.54. The van der Waals surface area contributed by atoms with Gasteiger partial charge in [-0.1, -0.05) is 0 Å². The fourth-order valence-electron chi connectivity index (χ4n) is 3.08. The van der Waals surface area contributed by atoms with E-state index in [1.807, 2.05) is 6.07 Å². The van der Waals surface area contributed by atoms with Crippen LogP contribution in [0.2, 0.25) is 0 Å². The van der Waals surface area contributed by atoms with Crippen molar-refractivity contribution in [1.29, 1.82) is 5.26 Å². The van der Waals surface area contributed by atoms with Crippen molar-refractivity contribution in [2.24, 2.45) is 12.8 Å². The zero-order chi connectivity index (χ0) is 19.0. The largest absolute Gasteiger partial charge is 0.463 e. The molecule has 0 saturated carbocycles. The summed E-state index contributed by atoms with van der Waals surface area (Å²) in [5.74, 6) is -2.26. The lowest BCUT2D eigenvalue weighted by molar-refractivity contribution is -0.139. The molecule has 1 aromatic carbocycles. The Morgan fingerprint density at radius 3 is 2.92 bits per heavy atom. The molecular weight excluding hydrogens is 339 g/mol. The molecule has 0 fully saturated rings. The van der Waals surface area contributed by atoms with Gasteiger partial charge in [-0.05, 0) is 26.0 Å². The number of nitrogens with zero attached hydrogens (tertiary/aromatic N) is 3. The first-order chi connectivity index (χ1) is 12.4. The minimum atomic E-state index is -1.02. The Labute approximate surface area is 149 Å². The lowest BCUT2D eigenvalue weighted by atomic mass is 9.82. The van der Waals surface area contributed by atoms with Gasteiger partial charge in [-0.2, -0.15) is 10.4 Å². The van der Waals surface area contributed by atoms with Crippen LogP contribution < -0.4 is 5.73 Å². The third-order valence-electron chi connectivity index (χ3n) is 4.28. The number of nitriles is 1. The monoisotopic (exact) mass is 356 g/mol. The molecule has 1 atom stereocenters. The second-order valence-corrected chi connectivity index (χ2v) is 5.82. The maximum atomic E-state index is 14.9. The van der Waals surface area contributed by atoms with Gasteiger partial charge < -0.3 is 15.2 Å². The summed E-state index contributed by atoms with van der Waals surface area (Å²) in [5, 5.41) is 14.2. The summed E-state index contributed by atoms with van der Waals surface area (Å²) in [6, 6.07) is 4.81. The number of carbonyl (C=O) groups is 1. The Hall–Kier alpha value is -3.34. The van der Waals surface area contributed by atoms with Crippen LogP contribution in [0.4, 0.5) is 4.39 Å². The van der Waals surface area contributed by atoms with E-state index in [4.69, 9.17) is 15.2 Å². The second kappa shape index (κ2) is 6.52. The predicted octanol–water partition coefficient (Wildman–Crippen LogP) is 2.36. The van der Waals surface area contributed by atoms with E-state index < -0.39 is 17.7 Å². The number of halogens is 1. The molecule has 3 rings (SSSR count). The van der Waals surface area contributed by atoms with Crippen LogP contribution in [0.1, 0.15) is 25.3 Å². The van der Waals surface area contributed by atoms with Crippen LogP contribution in [-0.4, -0.2) is 22.4 Å². The number of benzene rings is 1. The molecule has 1 aliphatic heterocycles. The number of esters is 1. The zero-order valence-corrected chi connectivity index (χ0v) is 14.5. The van der Waals surface area contributed by atoms with Crippen LogP contribution in [0.5, 0.6) is 0 Å². The number of rotatable bonds is 3. The molecule has 1 aromatic heterocycles. The first kappa shape index (κ1) is 17.5. The number of ether oxygens (including phenoxy) is 2. The molecule has 134 valence electrons. The highest BCUT2D eigenvalue weighted by Crippen LogP contribution is 2.41. The minimum absolute atomic E-state index is 0.0425. The van der Waals surface area contributed by atoms with Crippen molar-refractivity contribution in [3.63, 3.8) is 0 Å². The van der Waals surface area contributed by atoms with Crippen LogP contribution >= 0.6 is 0 Å². The Morgan fingerprint density at radius 1 is 1.54 bits per heavy atom. The molecular formula is C18H17FN4O3. The zero-order valence-electron chi connectivity index (χ0n) is 14.5. The van der Waals surface area contributed by atoms with Gasteiger partial charge in [0.1, 0.15) is 23.2 Å². The Balaban J connectivity index is 2.27. The van der Waals surface area contributed by atoms with Crippen molar-refractivity contribution in [1.82, 2.24) is 9.78 Å². The number of hydrogen-bond acceptors (Lipinski definition) is 6. The third-order valence-corrected chi connectivity index (χ3v) is 4.28. The average Bonchev–Trinajstić information content (AvgIpc) is 2.93. The SMILES string of the molecule is CCOC(=O)C1=C(C)OC(N)=C(C#N)C1c1cc2c(cnn2C)cc1F. The molecule has 0 spiro atoms. The van der Waals surface area contributed by atoms with Gasteiger partial charge >= 0.3 is 5.97 Å². The fourth-order valence-corrected chi connectivity index (χ4v) is 3.08. The van der Waals surface area contributed by atoms with Crippen molar-refractivity contribution in [2.45, 2.75) is 19.8 Å². The number of fused-ring (bicyclic) bond motifs is 1. The Kier molecular flexibility index (Phi) is 4.38. The number of aryl methyl sites for hydroxylation is 1. The van der Waals surface area contributed by atoms with Gasteiger partial charge in [0.15, 0.2) is 0 Å². The van der Waals surface area contributed by atoms with Gasteiger partial charge in [-0.25, -0.2) is 9.18 Å². The van der Waals surface area contributed by atoms with Gasteiger partial charge in [0.25, 0.3) is 0 Å². The smallest absolute Gasteiger partial charge is 0.338 e. The van der Waals surface area contributed by atoms with Crippen molar-refractivity contribution < 1.29 is 18.7 Å². The van der Waals surface area contributed by atoms with Crippen molar-refractivity contribution in [2.75, 3.05) is 6.61 Å². The molecule has 2 N–H and O–H groups in total. The lowest BCUT2D eigenvalue weighted by Crippen LogP contribution is -2.26. The summed E-state index contributed by atoms with van der Waals surface area (Å²) < 4.78 is 26.9. The molecule has 0 bridgehead atoms. The summed E-state index contributed by atoms with van der Waals surface area (Å²) in [4.78, 5) is 12.5. The molecule has 0 amide bonds. The number of nitrogens with two attached hydrogens (primary N) is 1. The Morgan fingerprint density at radius 2 is 2.27 bits per heavy atom. The topological polar surface area (TPSA) is 103 Å². The molecule has 0 saturated heterocycles. The van der Waals surface area contributed by atoms with Crippen molar-refractivity contribution in [3.05, 3.63) is 52.5 Å². The van der Waals surface area contributed by atoms with Gasteiger partial charge in [0.2, 0.25) is 5.88 Å². The molecule has 2 heterocycles. The number of carbonyl (C=O) groups excluding carboxylic acids is 1. The van der Waals surface area contributed by atoms with E-state index >= 15 is 0 Å². The first-order valence-corrected chi connectivity index (χ1v) is 7.95. The van der Waals surface area contributed by atoms with Crippen LogP contribution in [0.3, 0.4) is 0 Å². The van der Waals surface area contributed by atoms with Crippen LogP contribution in [0, 0.1) is 17.1 Å². The molecule has 26 heavy (non-hydrogen) atoms. The number of aromatic nitrogens is 2. The standard InChI is InChI=1S/C18H17FN4O3/c1-4-25-18(24)15-9(2)26-17(21)12(7-20)16(15)11-6-14-10(5-13(11)19)8-22-23(14)3/h5-6,8,16H,4,21H2,1-3H3. The molecule has 7 nitrogen and oxygen atoms in total. The van der Waals surface area contributed by atoms with Gasteiger partial charge in [-0.3, -0.25) is 4.68 Å². The highest BCUT2D eigenvalue weighted by Gasteiger charge is 2.38. The van der Waals surface area contributed by atoms with Crippen molar-refractivity contribution >= 4 is 16.9 Å².